The lowest BCUT2D eigenvalue weighted by Gasteiger charge is -2.24. The van der Waals surface area contributed by atoms with E-state index < -0.39 is 17.2 Å². The molecule has 1 aromatic heterocycles. The molecule has 0 bridgehead atoms. The largest absolute Gasteiger partial charge is 0.384 e. The van der Waals surface area contributed by atoms with Gasteiger partial charge in [0.25, 0.3) is 0 Å². The molecule has 0 saturated heterocycles. The van der Waals surface area contributed by atoms with Crippen molar-refractivity contribution in [2.45, 2.75) is 26.0 Å². The summed E-state index contributed by atoms with van der Waals surface area (Å²) in [5, 5.41) is 20.3. The highest BCUT2D eigenvalue weighted by Crippen LogP contribution is 2.22. The van der Waals surface area contributed by atoms with Crippen molar-refractivity contribution in [1.82, 2.24) is 10.6 Å². The number of aliphatic hydroxyl groups is 1. The quantitative estimate of drug-likeness (QED) is 0.336. The van der Waals surface area contributed by atoms with Crippen LogP contribution in [-0.4, -0.2) is 24.2 Å². The van der Waals surface area contributed by atoms with Crippen LogP contribution in [0.25, 0.3) is 0 Å². The maximum absolute atomic E-state index is 13.7. The van der Waals surface area contributed by atoms with Crippen LogP contribution in [0.1, 0.15) is 25.0 Å². The summed E-state index contributed by atoms with van der Waals surface area (Å²) in [4.78, 5) is 4.25. The lowest BCUT2D eigenvalue weighted by Crippen LogP contribution is -2.44. The number of benzene rings is 1. The number of guanidine groups is 1. The maximum Gasteiger partial charge on any atom is 0.191 e. The fourth-order valence-corrected chi connectivity index (χ4v) is 2.88. The van der Waals surface area contributed by atoms with Gasteiger partial charge in [-0.1, -0.05) is 0 Å². The molecule has 8 heteroatoms. The number of hydrogen-bond acceptors (Lipinski definition) is 3. The van der Waals surface area contributed by atoms with E-state index in [-0.39, 0.29) is 42.6 Å². The van der Waals surface area contributed by atoms with Gasteiger partial charge >= 0.3 is 0 Å². The molecule has 0 saturated carbocycles. The zero-order chi connectivity index (χ0) is 17.6. The summed E-state index contributed by atoms with van der Waals surface area (Å²) in [6.45, 7) is 4.45. The number of aliphatic imine (C=N–C) groups is 1. The molecule has 1 unspecified atom stereocenters. The smallest absolute Gasteiger partial charge is 0.191 e. The first-order valence-corrected chi connectivity index (χ1v) is 8.58. The van der Waals surface area contributed by atoms with Crippen LogP contribution in [0.4, 0.5) is 8.78 Å². The van der Waals surface area contributed by atoms with Crippen molar-refractivity contribution in [1.29, 1.82) is 0 Å². The SMILES string of the molecule is CCNC(=NCc1cc(F)ccc1F)NCC(C)(O)c1ccsc1.I. The Morgan fingerprint density at radius 1 is 1.28 bits per heavy atom. The van der Waals surface area contributed by atoms with Crippen molar-refractivity contribution in [2.75, 3.05) is 13.1 Å². The van der Waals surface area contributed by atoms with Gasteiger partial charge < -0.3 is 15.7 Å². The van der Waals surface area contributed by atoms with Crippen molar-refractivity contribution >= 4 is 41.3 Å². The van der Waals surface area contributed by atoms with Gasteiger partial charge in [0.1, 0.15) is 17.2 Å². The standard InChI is InChI=1S/C17H21F2N3OS.HI/c1-3-20-16(21-9-12-8-14(18)4-5-15(12)19)22-11-17(2,23)13-6-7-24-10-13;/h4-8,10,23H,3,9,11H2,1-2H3,(H2,20,21,22);1H. The van der Waals surface area contributed by atoms with E-state index in [0.717, 1.165) is 23.8 Å². The molecule has 25 heavy (non-hydrogen) atoms. The molecule has 1 atom stereocenters. The van der Waals surface area contributed by atoms with Gasteiger partial charge in [-0.25, -0.2) is 13.8 Å². The van der Waals surface area contributed by atoms with E-state index in [2.05, 4.69) is 15.6 Å². The van der Waals surface area contributed by atoms with Gasteiger partial charge in [0.15, 0.2) is 5.96 Å². The third-order valence-electron chi connectivity index (χ3n) is 3.50. The van der Waals surface area contributed by atoms with Crippen molar-refractivity contribution < 1.29 is 13.9 Å². The molecule has 0 aliphatic heterocycles. The Morgan fingerprint density at radius 3 is 2.68 bits per heavy atom. The second kappa shape index (κ2) is 10.0. The van der Waals surface area contributed by atoms with Gasteiger partial charge in [0.05, 0.1) is 13.1 Å². The molecule has 2 aromatic rings. The van der Waals surface area contributed by atoms with E-state index in [1.54, 1.807) is 6.92 Å². The lowest BCUT2D eigenvalue weighted by molar-refractivity contribution is 0.0621. The average Bonchev–Trinajstić information content (AvgIpc) is 3.08. The van der Waals surface area contributed by atoms with Gasteiger partial charge in [-0.3, -0.25) is 0 Å². The number of thiophene rings is 1. The molecular formula is C17H22F2IN3OS. The van der Waals surface area contributed by atoms with Crippen molar-refractivity contribution in [3.8, 4) is 0 Å². The minimum Gasteiger partial charge on any atom is -0.384 e. The zero-order valence-corrected chi connectivity index (χ0v) is 17.2. The van der Waals surface area contributed by atoms with Gasteiger partial charge in [0.2, 0.25) is 0 Å². The van der Waals surface area contributed by atoms with E-state index >= 15 is 0 Å². The number of nitrogens with one attached hydrogen (secondary N) is 2. The lowest BCUT2D eigenvalue weighted by atomic mass is 9.99. The number of rotatable bonds is 6. The molecule has 0 fully saturated rings. The molecule has 138 valence electrons. The first-order valence-electron chi connectivity index (χ1n) is 7.63. The molecule has 0 aliphatic rings. The van der Waals surface area contributed by atoms with Crippen LogP contribution in [-0.2, 0) is 12.1 Å². The van der Waals surface area contributed by atoms with E-state index in [4.69, 9.17) is 0 Å². The molecular weight excluding hydrogens is 459 g/mol. The maximum atomic E-state index is 13.7. The van der Waals surface area contributed by atoms with Gasteiger partial charge in [-0.2, -0.15) is 11.3 Å². The summed E-state index contributed by atoms with van der Waals surface area (Å²) in [7, 11) is 0. The molecule has 1 aromatic carbocycles. The van der Waals surface area contributed by atoms with Crippen LogP contribution in [0.5, 0.6) is 0 Å². The number of halogens is 3. The van der Waals surface area contributed by atoms with Crippen LogP contribution < -0.4 is 10.6 Å². The summed E-state index contributed by atoms with van der Waals surface area (Å²) in [5.41, 5.74) is -0.0656. The summed E-state index contributed by atoms with van der Waals surface area (Å²) in [6, 6.07) is 5.15. The number of nitrogens with zero attached hydrogens (tertiary/aromatic N) is 1. The molecule has 0 amide bonds. The van der Waals surface area contributed by atoms with Crippen LogP contribution in [0.3, 0.4) is 0 Å². The third kappa shape index (κ3) is 6.52. The van der Waals surface area contributed by atoms with Crippen LogP contribution >= 0.6 is 35.3 Å². The monoisotopic (exact) mass is 481 g/mol. The van der Waals surface area contributed by atoms with Crippen LogP contribution in [0.2, 0.25) is 0 Å². The average molecular weight is 481 g/mol. The predicted octanol–water partition coefficient (Wildman–Crippen LogP) is 3.61. The van der Waals surface area contributed by atoms with Gasteiger partial charge in [0, 0.05) is 12.1 Å². The molecule has 3 N–H and O–H groups in total. The second-order valence-corrected chi connectivity index (χ2v) is 6.35. The topological polar surface area (TPSA) is 56.7 Å². The Hall–Kier alpha value is -1.26. The minimum absolute atomic E-state index is 0. The molecule has 0 aliphatic carbocycles. The second-order valence-electron chi connectivity index (χ2n) is 5.57. The fraction of sp³-hybridized carbons (Fsp3) is 0.353. The van der Waals surface area contributed by atoms with E-state index in [0.29, 0.717) is 12.5 Å². The summed E-state index contributed by atoms with van der Waals surface area (Å²) < 4.78 is 26.9. The molecule has 0 spiro atoms. The Labute approximate surface area is 167 Å². The molecule has 2 rings (SSSR count). The van der Waals surface area contributed by atoms with Crippen LogP contribution in [0, 0.1) is 11.6 Å². The fourth-order valence-electron chi connectivity index (χ4n) is 2.10. The Bertz CT molecular complexity index is 693. The summed E-state index contributed by atoms with van der Waals surface area (Å²) >= 11 is 1.51. The molecule has 1 heterocycles. The Kier molecular flexibility index (Phi) is 8.74. The number of hydrogen-bond donors (Lipinski definition) is 3. The van der Waals surface area contributed by atoms with E-state index in [9.17, 15) is 13.9 Å². The van der Waals surface area contributed by atoms with E-state index in [1.807, 2.05) is 23.8 Å². The van der Waals surface area contributed by atoms with Crippen LogP contribution in [0.15, 0.2) is 40.0 Å². The zero-order valence-electron chi connectivity index (χ0n) is 14.1. The third-order valence-corrected chi connectivity index (χ3v) is 4.19. The highest BCUT2D eigenvalue weighted by molar-refractivity contribution is 14.0. The van der Waals surface area contributed by atoms with E-state index in [1.165, 1.54) is 11.3 Å². The van der Waals surface area contributed by atoms with Crippen molar-refractivity contribution in [3.05, 3.63) is 57.8 Å². The van der Waals surface area contributed by atoms with Gasteiger partial charge in [-0.05, 0) is 54.4 Å². The first kappa shape index (κ1) is 21.8. The molecule has 0 radical (unpaired) electrons. The summed E-state index contributed by atoms with van der Waals surface area (Å²) in [5.74, 6) is -0.571. The molecule has 4 nitrogen and oxygen atoms in total. The normalized spacial score (nSPS) is 13.7. The Balaban J connectivity index is 0.00000312. The minimum atomic E-state index is -1.06. The highest BCUT2D eigenvalue weighted by atomic mass is 127. The van der Waals surface area contributed by atoms with Crippen molar-refractivity contribution in [3.63, 3.8) is 0 Å². The van der Waals surface area contributed by atoms with Crippen molar-refractivity contribution in [2.24, 2.45) is 4.99 Å². The summed E-state index contributed by atoms with van der Waals surface area (Å²) in [6.07, 6.45) is 0. The highest BCUT2D eigenvalue weighted by Gasteiger charge is 2.23. The Morgan fingerprint density at radius 2 is 2.04 bits per heavy atom. The predicted molar refractivity (Wildman–Crippen MR) is 108 cm³/mol. The first-order chi connectivity index (χ1) is 11.4. The van der Waals surface area contributed by atoms with Gasteiger partial charge in [-0.15, -0.1) is 24.0 Å².